The lowest BCUT2D eigenvalue weighted by atomic mass is 10.1. The van der Waals surface area contributed by atoms with E-state index in [1.54, 1.807) is 0 Å². The van der Waals surface area contributed by atoms with Crippen LogP contribution in [0.4, 0.5) is 0 Å². The maximum atomic E-state index is 5.79. The molecule has 0 fully saturated rings. The minimum atomic E-state index is 0.819. The van der Waals surface area contributed by atoms with Crippen molar-refractivity contribution in [2.24, 2.45) is 0 Å². The Morgan fingerprint density at radius 1 is 0.789 bits per heavy atom. The Hall–Kier alpha value is -1.76. The first-order valence-corrected chi connectivity index (χ1v) is 7.08. The molecule has 19 heavy (non-hydrogen) atoms. The molecule has 0 bridgehead atoms. The van der Waals surface area contributed by atoms with Gasteiger partial charge in [-0.1, -0.05) is 48.5 Å². The largest absolute Gasteiger partial charge is 0.493 e. The van der Waals surface area contributed by atoms with Crippen molar-refractivity contribution in [3.63, 3.8) is 0 Å². The monoisotopic (exact) mass is 254 g/mol. The number of para-hydroxylation sites is 1. The van der Waals surface area contributed by atoms with Gasteiger partial charge in [0.15, 0.2) is 0 Å². The summed E-state index contributed by atoms with van der Waals surface area (Å²) in [5.41, 5.74) is 2.65. The van der Waals surface area contributed by atoms with Gasteiger partial charge in [-0.15, -0.1) is 0 Å². The van der Waals surface area contributed by atoms with Crippen molar-refractivity contribution in [1.82, 2.24) is 0 Å². The van der Waals surface area contributed by atoms with Crippen molar-refractivity contribution in [1.29, 1.82) is 0 Å². The molecule has 0 N–H and O–H groups in total. The number of aryl methyl sites for hydroxylation is 2. The second-order valence-corrected chi connectivity index (χ2v) is 4.91. The summed E-state index contributed by atoms with van der Waals surface area (Å²) < 4.78 is 5.79. The van der Waals surface area contributed by atoms with Crippen LogP contribution < -0.4 is 4.74 Å². The third kappa shape index (κ3) is 4.78. The van der Waals surface area contributed by atoms with Crippen LogP contribution in [-0.4, -0.2) is 6.61 Å². The Morgan fingerprint density at radius 2 is 1.53 bits per heavy atom. The molecular formula is C18H22O. The third-order valence-corrected chi connectivity index (χ3v) is 3.30. The van der Waals surface area contributed by atoms with Gasteiger partial charge in [-0.05, 0) is 49.8 Å². The number of hydrogen-bond acceptors (Lipinski definition) is 1. The van der Waals surface area contributed by atoms with Crippen molar-refractivity contribution in [3.05, 3.63) is 65.7 Å². The summed E-state index contributed by atoms with van der Waals surface area (Å²) in [4.78, 5) is 0. The topological polar surface area (TPSA) is 9.23 Å². The van der Waals surface area contributed by atoms with Crippen LogP contribution in [0, 0.1) is 6.92 Å². The maximum Gasteiger partial charge on any atom is 0.122 e. The molecule has 0 aromatic heterocycles. The third-order valence-electron chi connectivity index (χ3n) is 3.30. The van der Waals surface area contributed by atoms with Crippen molar-refractivity contribution in [2.45, 2.75) is 32.6 Å². The van der Waals surface area contributed by atoms with E-state index in [2.05, 4.69) is 43.3 Å². The molecule has 0 spiro atoms. The highest BCUT2D eigenvalue weighted by Gasteiger charge is 1.97. The van der Waals surface area contributed by atoms with Gasteiger partial charge in [0.1, 0.15) is 5.75 Å². The van der Waals surface area contributed by atoms with Gasteiger partial charge in [0.2, 0.25) is 0 Å². The lowest BCUT2D eigenvalue weighted by Gasteiger charge is -2.08. The van der Waals surface area contributed by atoms with Gasteiger partial charge < -0.3 is 4.74 Å². The Kier molecular flexibility index (Phi) is 5.49. The zero-order chi connectivity index (χ0) is 13.3. The van der Waals surface area contributed by atoms with E-state index in [0.29, 0.717) is 0 Å². The summed E-state index contributed by atoms with van der Waals surface area (Å²) in [6, 6.07) is 18.9. The SMILES string of the molecule is Cc1ccccc1OCCCCCc1ccccc1. The molecule has 0 unspecified atom stereocenters. The zero-order valence-electron chi connectivity index (χ0n) is 11.6. The highest BCUT2D eigenvalue weighted by Crippen LogP contribution is 2.16. The quantitative estimate of drug-likeness (QED) is 0.646. The van der Waals surface area contributed by atoms with Crippen molar-refractivity contribution < 1.29 is 4.74 Å². The highest BCUT2D eigenvalue weighted by atomic mass is 16.5. The van der Waals surface area contributed by atoms with Gasteiger partial charge in [0, 0.05) is 0 Å². The first-order valence-electron chi connectivity index (χ1n) is 7.08. The van der Waals surface area contributed by atoms with Gasteiger partial charge in [-0.3, -0.25) is 0 Å². The average Bonchev–Trinajstić information content (AvgIpc) is 2.45. The van der Waals surface area contributed by atoms with Gasteiger partial charge >= 0.3 is 0 Å². The molecule has 0 aliphatic carbocycles. The zero-order valence-corrected chi connectivity index (χ0v) is 11.6. The molecule has 0 atom stereocenters. The number of ether oxygens (including phenoxy) is 1. The number of hydrogen-bond donors (Lipinski definition) is 0. The number of rotatable bonds is 7. The molecule has 1 nitrogen and oxygen atoms in total. The molecule has 0 radical (unpaired) electrons. The minimum absolute atomic E-state index is 0.819. The summed E-state index contributed by atoms with van der Waals surface area (Å²) in [6.07, 6.45) is 4.76. The molecule has 100 valence electrons. The Bertz CT molecular complexity index is 476. The first kappa shape index (κ1) is 13.7. The molecule has 0 aliphatic heterocycles. The van der Waals surface area contributed by atoms with Crippen LogP contribution in [0.2, 0.25) is 0 Å². The van der Waals surface area contributed by atoms with Gasteiger partial charge in [-0.2, -0.15) is 0 Å². The smallest absolute Gasteiger partial charge is 0.122 e. The highest BCUT2D eigenvalue weighted by molar-refractivity contribution is 5.31. The van der Waals surface area contributed by atoms with E-state index in [0.717, 1.165) is 18.8 Å². The lowest BCUT2D eigenvalue weighted by Crippen LogP contribution is -1.99. The van der Waals surface area contributed by atoms with Crippen LogP contribution in [0.3, 0.4) is 0 Å². The lowest BCUT2D eigenvalue weighted by molar-refractivity contribution is 0.303. The van der Waals surface area contributed by atoms with Crippen molar-refractivity contribution in [2.75, 3.05) is 6.61 Å². The van der Waals surface area contributed by atoms with E-state index in [4.69, 9.17) is 4.74 Å². The standard InChI is InChI=1S/C18H22O/c1-16-10-7-8-14-18(16)19-15-9-3-6-13-17-11-4-2-5-12-17/h2,4-5,7-8,10-12,14H,3,6,9,13,15H2,1H3. The van der Waals surface area contributed by atoms with Crippen molar-refractivity contribution >= 4 is 0 Å². The molecule has 2 aromatic carbocycles. The normalized spacial score (nSPS) is 10.4. The fraction of sp³-hybridized carbons (Fsp3) is 0.333. The molecule has 0 saturated carbocycles. The molecule has 0 heterocycles. The molecule has 2 aromatic rings. The molecule has 0 aliphatic rings. The van der Waals surface area contributed by atoms with Crippen LogP contribution in [0.15, 0.2) is 54.6 Å². The Balaban J connectivity index is 1.59. The Labute approximate surface area is 116 Å². The minimum Gasteiger partial charge on any atom is -0.493 e. The van der Waals surface area contributed by atoms with E-state index in [-0.39, 0.29) is 0 Å². The maximum absolute atomic E-state index is 5.79. The summed E-state index contributed by atoms with van der Waals surface area (Å²) in [6.45, 7) is 2.91. The van der Waals surface area contributed by atoms with E-state index in [1.165, 1.54) is 30.4 Å². The molecule has 0 saturated heterocycles. The molecule has 2 rings (SSSR count). The summed E-state index contributed by atoms with van der Waals surface area (Å²) >= 11 is 0. The first-order chi connectivity index (χ1) is 9.36. The number of unbranched alkanes of at least 4 members (excludes halogenated alkanes) is 2. The van der Waals surface area contributed by atoms with Crippen LogP contribution in [-0.2, 0) is 6.42 Å². The second-order valence-electron chi connectivity index (χ2n) is 4.91. The fourth-order valence-corrected chi connectivity index (χ4v) is 2.15. The van der Waals surface area contributed by atoms with E-state index >= 15 is 0 Å². The van der Waals surface area contributed by atoms with Crippen molar-refractivity contribution in [3.8, 4) is 5.75 Å². The Morgan fingerprint density at radius 3 is 2.32 bits per heavy atom. The van der Waals surface area contributed by atoms with Crippen LogP contribution in [0.1, 0.15) is 30.4 Å². The van der Waals surface area contributed by atoms with E-state index < -0.39 is 0 Å². The second kappa shape index (κ2) is 7.63. The van der Waals surface area contributed by atoms with E-state index in [9.17, 15) is 0 Å². The van der Waals surface area contributed by atoms with Crippen LogP contribution in [0.5, 0.6) is 5.75 Å². The summed E-state index contributed by atoms with van der Waals surface area (Å²) in [7, 11) is 0. The summed E-state index contributed by atoms with van der Waals surface area (Å²) in [5.74, 6) is 1.02. The van der Waals surface area contributed by atoms with Gasteiger partial charge in [0.25, 0.3) is 0 Å². The predicted molar refractivity (Wildman–Crippen MR) is 80.7 cm³/mol. The molecule has 0 amide bonds. The predicted octanol–water partition coefficient (Wildman–Crippen LogP) is 4.79. The van der Waals surface area contributed by atoms with Gasteiger partial charge in [0.05, 0.1) is 6.61 Å². The molecular weight excluding hydrogens is 232 g/mol. The van der Waals surface area contributed by atoms with Gasteiger partial charge in [-0.25, -0.2) is 0 Å². The molecule has 1 heteroatoms. The van der Waals surface area contributed by atoms with E-state index in [1.807, 2.05) is 18.2 Å². The van der Waals surface area contributed by atoms with Crippen LogP contribution in [0.25, 0.3) is 0 Å². The number of benzene rings is 2. The summed E-state index contributed by atoms with van der Waals surface area (Å²) in [5, 5.41) is 0. The average molecular weight is 254 g/mol. The fourth-order valence-electron chi connectivity index (χ4n) is 2.15. The van der Waals surface area contributed by atoms with Crippen LogP contribution >= 0.6 is 0 Å².